The summed E-state index contributed by atoms with van der Waals surface area (Å²) in [6.45, 7) is 1.31. The molecule has 2 aromatic rings. The van der Waals surface area contributed by atoms with E-state index < -0.39 is 9.84 Å². The first-order chi connectivity index (χ1) is 12.0. The van der Waals surface area contributed by atoms with Gasteiger partial charge in [0.15, 0.2) is 9.84 Å². The molecule has 7 heteroatoms. The minimum absolute atomic E-state index is 0.0373. The average molecular weight is 362 g/mol. The summed E-state index contributed by atoms with van der Waals surface area (Å²) in [6, 6.07) is 13.3. The Balaban J connectivity index is 1.61. The predicted molar refractivity (Wildman–Crippen MR) is 94.5 cm³/mol. The summed E-state index contributed by atoms with van der Waals surface area (Å²) in [6.07, 6.45) is 2.10. The lowest BCUT2D eigenvalue weighted by Crippen LogP contribution is -2.42. The number of hydrogen-bond donors (Lipinski definition) is 1. The third kappa shape index (κ3) is 5.44. The van der Waals surface area contributed by atoms with Gasteiger partial charge in [0, 0.05) is 12.6 Å². The Labute approximate surface area is 147 Å². The van der Waals surface area contributed by atoms with Crippen LogP contribution in [0.25, 0.3) is 0 Å². The number of nitrogens with one attached hydrogen (secondary N) is 1. The quantitative estimate of drug-likeness (QED) is 0.809. The van der Waals surface area contributed by atoms with Crippen LogP contribution in [0.15, 0.2) is 53.1 Å². The molecule has 1 aliphatic heterocycles. The van der Waals surface area contributed by atoms with Crippen LogP contribution in [0, 0.1) is 0 Å². The summed E-state index contributed by atoms with van der Waals surface area (Å²) in [5.41, 5.74) is 1.10. The van der Waals surface area contributed by atoms with Crippen molar-refractivity contribution in [3.05, 3.63) is 60.1 Å². The molecule has 2 heterocycles. The van der Waals surface area contributed by atoms with Gasteiger partial charge in [0.25, 0.3) is 0 Å². The van der Waals surface area contributed by atoms with Crippen molar-refractivity contribution in [2.75, 3.05) is 18.1 Å². The van der Waals surface area contributed by atoms with Gasteiger partial charge >= 0.3 is 0 Å². The third-order valence-corrected chi connectivity index (χ3v) is 5.94. The highest BCUT2D eigenvalue weighted by Gasteiger charge is 2.29. The van der Waals surface area contributed by atoms with Crippen molar-refractivity contribution in [3.8, 4) is 0 Å². The lowest BCUT2D eigenvalue weighted by atomic mass is 10.2. The van der Waals surface area contributed by atoms with Crippen molar-refractivity contribution in [1.82, 2.24) is 10.2 Å². The van der Waals surface area contributed by atoms with Gasteiger partial charge in [-0.1, -0.05) is 30.3 Å². The SMILES string of the molecule is O=C(CN(Cc1ccccc1)Cc1ccco1)N[C@H]1CCS(=O)(=O)C1. The largest absolute Gasteiger partial charge is 0.468 e. The number of benzene rings is 1. The second kappa shape index (κ2) is 7.84. The Morgan fingerprint density at radius 3 is 2.60 bits per heavy atom. The highest BCUT2D eigenvalue weighted by atomic mass is 32.2. The highest BCUT2D eigenvalue weighted by Crippen LogP contribution is 2.13. The summed E-state index contributed by atoms with van der Waals surface area (Å²) < 4.78 is 28.4. The molecule has 0 unspecified atom stereocenters. The molecule has 1 saturated heterocycles. The molecule has 0 radical (unpaired) electrons. The van der Waals surface area contributed by atoms with Crippen LogP contribution in [0.4, 0.5) is 0 Å². The smallest absolute Gasteiger partial charge is 0.234 e. The van der Waals surface area contributed by atoms with Crippen molar-refractivity contribution in [2.24, 2.45) is 0 Å². The molecule has 25 heavy (non-hydrogen) atoms. The van der Waals surface area contributed by atoms with E-state index in [1.165, 1.54) is 0 Å². The topological polar surface area (TPSA) is 79.6 Å². The molecule has 0 bridgehead atoms. The van der Waals surface area contributed by atoms with Gasteiger partial charge in [0.2, 0.25) is 5.91 Å². The Kier molecular flexibility index (Phi) is 5.55. The number of carbonyl (C=O) groups excluding carboxylic acids is 1. The first-order valence-electron chi connectivity index (χ1n) is 8.29. The summed E-state index contributed by atoms with van der Waals surface area (Å²) in [5, 5.41) is 2.84. The molecular weight excluding hydrogens is 340 g/mol. The molecule has 0 saturated carbocycles. The average Bonchev–Trinajstić information content (AvgIpc) is 3.17. The molecule has 6 nitrogen and oxygen atoms in total. The van der Waals surface area contributed by atoms with Crippen LogP contribution >= 0.6 is 0 Å². The van der Waals surface area contributed by atoms with Crippen molar-refractivity contribution in [1.29, 1.82) is 0 Å². The lowest BCUT2D eigenvalue weighted by molar-refractivity contribution is -0.123. The van der Waals surface area contributed by atoms with E-state index in [1.807, 2.05) is 47.4 Å². The summed E-state index contributed by atoms with van der Waals surface area (Å²) in [7, 11) is -3.00. The zero-order valence-corrected chi connectivity index (χ0v) is 14.7. The van der Waals surface area contributed by atoms with Crippen LogP contribution in [-0.2, 0) is 27.7 Å². The van der Waals surface area contributed by atoms with E-state index >= 15 is 0 Å². The second-order valence-electron chi connectivity index (χ2n) is 6.38. The molecule has 1 fully saturated rings. The van der Waals surface area contributed by atoms with Gasteiger partial charge in [-0.15, -0.1) is 0 Å². The number of sulfone groups is 1. The molecular formula is C18H22N2O4S. The number of nitrogens with zero attached hydrogens (tertiary/aromatic N) is 1. The Hall–Kier alpha value is -2.12. The number of rotatable bonds is 7. The molecule has 1 aromatic carbocycles. The van der Waals surface area contributed by atoms with E-state index in [1.54, 1.807) is 6.26 Å². The zero-order valence-electron chi connectivity index (χ0n) is 13.9. The number of furan rings is 1. The van der Waals surface area contributed by atoms with Crippen LogP contribution in [0.2, 0.25) is 0 Å². The van der Waals surface area contributed by atoms with Gasteiger partial charge in [-0.2, -0.15) is 0 Å². The van der Waals surface area contributed by atoms with Gasteiger partial charge < -0.3 is 9.73 Å². The minimum Gasteiger partial charge on any atom is -0.468 e. The molecule has 3 rings (SSSR count). The molecule has 1 atom stereocenters. The van der Waals surface area contributed by atoms with E-state index in [0.29, 0.717) is 19.5 Å². The van der Waals surface area contributed by atoms with Gasteiger partial charge in [-0.25, -0.2) is 8.42 Å². The Morgan fingerprint density at radius 2 is 1.96 bits per heavy atom. The Morgan fingerprint density at radius 1 is 1.16 bits per heavy atom. The lowest BCUT2D eigenvalue weighted by Gasteiger charge is -2.22. The van der Waals surface area contributed by atoms with Crippen LogP contribution in [0.3, 0.4) is 0 Å². The molecule has 1 N–H and O–H groups in total. The van der Waals surface area contributed by atoms with Crippen molar-refractivity contribution in [2.45, 2.75) is 25.6 Å². The van der Waals surface area contributed by atoms with E-state index in [9.17, 15) is 13.2 Å². The summed E-state index contributed by atoms with van der Waals surface area (Å²) >= 11 is 0. The van der Waals surface area contributed by atoms with Crippen molar-refractivity contribution >= 4 is 15.7 Å². The van der Waals surface area contributed by atoms with Gasteiger partial charge in [0.1, 0.15) is 5.76 Å². The molecule has 1 aromatic heterocycles. The normalized spacial score (nSPS) is 19.2. The molecule has 0 spiro atoms. The van der Waals surface area contributed by atoms with E-state index in [4.69, 9.17) is 4.42 Å². The summed E-state index contributed by atoms with van der Waals surface area (Å²) in [5.74, 6) is 0.810. The van der Waals surface area contributed by atoms with Crippen LogP contribution in [0.1, 0.15) is 17.7 Å². The Bertz CT molecular complexity index is 788. The fourth-order valence-corrected chi connectivity index (χ4v) is 4.69. The predicted octanol–water partition coefficient (Wildman–Crippen LogP) is 1.59. The number of hydrogen-bond acceptors (Lipinski definition) is 5. The number of carbonyl (C=O) groups is 1. The van der Waals surface area contributed by atoms with E-state index in [0.717, 1.165) is 11.3 Å². The minimum atomic E-state index is -3.00. The molecule has 0 aliphatic carbocycles. The van der Waals surface area contributed by atoms with Gasteiger partial charge in [-0.05, 0) is 24.1 Å². The summed E-state index contributed by atoms with van der Waals surface area (Å²) in [4.78, 5) is 14.3. The first kappa shape index (κ1) is 17.7. The van der Waals surface area contributed by atoms with Gasteiger partial charge in [0.05, 0.1) is 30.9 Å². The number of amides is 1. The van der Waals surface area contributed by atoms with Crippen LogP contribution < -0.4 is 5.32 Å². The van der Waals surface area contributed by atoms with E-state index in [-0.39, 0.29) is 30.0 Å². The van der Waals surface area contributed by atoms with Crippen molar-refractivity contribution in [3.63, 3.8) is 0 Å². The second-order valence-corrected chi connectivity index (χ2v) is 8.61. The first-order valence-corrected chi connectivity index (χ1v) is 10.1. The zero-order chi connectivity index (χ0) is 17.7. The van der Waals surface area contributed by atoms with E-state index in [2.05, 4.69) is 5.32 Å². The maximum absolute atomic E-state index is 12.4. The standard InChI is InChI=1S/C18H22N2O4S/c21-18(19-16-8-10-25(22,23)14-16)13-20(12-17-7-4-9-24-17)11-15-5-2-1-3-6-15/h1-7,9,16H,8,10-14H2,(H,19,21)/t16-/m0/s1. The van der Waals surface area contributed by atoms with Crippen LogP contribution in [0.5, 0.6) is 0 Å². The van der Waals surface area contributed by atoms with Crippen molar-refractivity contribution < 1.29 is 17.6 Å². The van der Waals surface area contributed by atoms with Gasteiger partial charge in [-0.3, -0.25) is 9.69 Å². The maximum Gasteiger partial charge on any atom is 0.234 e. The highest BCUT2D eigenvalue weighted by molar-refractivity contribution is 7.91. The maximum atomic E-state index is 12.4. The molecule has 1 aliphatic rings. The van der Waals surface area contributed by atoms with Crippen LogP contribution in [-0.4, -0.2) is 43.3 Å². The fraction of sp³-hybridized carbons (Fsp3) is 0.389. The third-order valence-electron chi connectivity index (χ3n) is 4.17. The molecule has 1 amide bonds. The fourth-order valence-electron chi connectivity index (χ4n) is 3.02. The monoisotopic (exact) mass is 362 g/mol. The molecule has 134 valence electrons.